The van der Waals surface area contributed by atoms with E-state index >= 15 is 0 Å². The van der Waals surface area contributed by atoms with Gasteiger partial charge in [0.1, 0.15) is 0 Å². The van der Waals surface area contributed by atoms with E-state index in [-0.39, 0.29) is 0 Å². The minimum absolute atomic E-state index is 1.00. The molecule has 1 rings (SSSR count). The largest absolute Gasteiger partial charge is 0.400 e. The van der Waals surface area contributed by atoms with Gasteiger partial charge in [-0.15, -0.1) is 0 Å². The fourth-order valence-corrected chi connectivity index (χ4v) is 4.95. The molecule has 0 atom stereocenters. The molecule has 0 spiro atoms. The van der Waals surface area contributed by atoms with Gasteiger partial charge in [0.15, 0.2) is 0 Å². The average molecular weight is 649 g/mol. The zero-order valence-electron chi connectivity index (χ0n) is 31.4. The molecule has 0 saturated heterocycles. The van der Waals surface area contributed by atoms with Crippen LogP contribution in [-0.2, 0) is 0 Å². The second-order valence-electron chi connectivity index (χ2n) is 9.90. The van der Waals surface area contributed by atoms with Crippen molar-refractivity contribution in [1.82, 2.24) is 0 Å². The fourth-order valence-electron chi connectivity index (χ4n) is 4.95. The number of rotatable bonds is 0. The fraction of sp³-hybridized carbons (Fsp3) is 1.00. The predicted octanol–water partition coefficient (Wildman–Crippen LogP) is 7.79. The van der Waals surface area contributed by atoms with Crippen molar-refractivity contribution < 1.29 is 40.9 Å². The molecule has 1 aliphatic carbocycles. The van der Waals surface area contributed by atoms with Crippen LogP contribution >= 0.6 is 0 Å². The standard InChI is InChI=1S/C28H56.8CH4O/c1-2-4-6-8-10-12-14-16-18-20-22-24-26-28-27-25-23-21-19-17-15-13-11-9-7-5-3-1;8*1-2/h1-28H2;8*2H,1H3. The van der Waals surface area contributed by atoms with E-state index in [1.54, 1.807) is 0 Å². The molecule has 0 unspecified atom stereocenters. The van der Waals surface area contributed by atoms with Crippen molar-refractivity contribution in [3.05, 3.63) is 0 Å². The van der Waals surface area contributed by atoms with Crippen molar-refractivity contribution in [2.24, 2.45) is 0 Å². The van der Waals surface area contributed by atoms with Gasteiger partial charge in [0.05, 0.1) is 0 Å². The van der Waals surface area contributed by atoms with E-state index in [0.29, 0.717) is 0 Å². The van der Waals surface area contributed by atoms with E-state index < -0.39 is 0 Å². The smallest absolute Gasteiger partial charge is 0.0319 e. The van der Waals surface area contributed by atoms with Crippen molar-refractivity contribution in [2.75, 3.05) is 56.9 Å². The summed E-state index contributed by atoms with van der Waals surface area (Å²) in [6, 6.07) is 0. The molecule has 1 aliphatic rings. The maximum absolute atomic E-state index is 7.00. The van der Waals surface area contributed by atoms with Crippen LogP contribution in [0.1, 0.15) is 180 Å². The van der Waals surface area contributed by atoms with Crippen molar-refractivity contribution >= 4 is 0 Å². The maximum Gasteiger partial charge on any atom is 0.0319 e. The predicted molar refractivity (Wildman–Crippen MR) is 194 cm³/mol. The Morgan fingerprint density at radius 2 is 0.136 bits per heavy atom. The molecule has 8 heteroatoms. The lowest BCUT2D eigenvalue weighted by atomic mass is 10.0. The summed E-state index contributed by atoms with van der Waals surface area (Å²) in [6.07, 6.45) is 42.0. The molecule has 1 saturated carbocycles. The summed E-state index contributed by atoms with van der Waals surface area (Å²) in [5.74, 6) is 0. The first kappa shape index (κ1) is 62.5. The van der Waals surface area contributed by atoms with Crippen LogP contribution in [0.15, 0.2) is 0 Å². The first-order chi connectivity index (χ1) is 22.0. The van der Waals surface area contributed by atoms with Crippen LogP contribution in [0.2, 0.25) is 0 Å². The van der Waals surface area contributed by atoms with Gasteiger partial charge >= 0.3 is 0 Å². The van der Waals surface area contributed by atoms with Gasteiger partial charge in [-0.1, -0.05) is 180 Å². The highest BCUT2D eigenvalue weighted by atomic mass is 16.2. The summed E-state index contributed by atoms with van der Waals surface area (Å²) in [5, 5.41) is 56.0. The highest BCUT2D eigenvalue weighted by molar-refractivity contribution is 4.53. The molecule has 8 N–H and O–H groups in total. The molecule has 8 nitrogen and oxygen atoms in total. The lowest BCUT2D eigenvalue weighted by Gasteiger charge is -2.05. The normalized spacial score (nSPS) is 16.4. The Balaban J connectivity index is -0.000000116. The van der Waals surface area contributed by atoms with E-state index in [4.69, 9.17) is 40.9 Å². The molecule has 0 aliphatic heterocycles. The lowest BCUT2D eigenvalue weighted by Crippen LogP contribution is -1.85. The molecule has 44 heavy (non-hydrogen) atoms. The van der Waals surface area contributed by atoms with Crippen molar-refractivity contribution in [1.29, 1.82) is 0 Å². The van der Waals surface area contributed by atoms with E-state index in [9.17, 15) is 0 Å². The SMILES string of the molecule is C1CCCCCCCCCCCCCCCCCCCCCCCCCCC1.CO.CO.CO.CO.CO.CO.CO.CO. The highest BCUT2D eigenvalue weighted by Gasteiger charge is 1.97. The number of aliphatic hydroxyl groups is 8. The Morgan fingerprint density at radius 3 is 0.159 bits per heavy atom. The Hall–Kier alpha value is -0.320. The highest BCUT2D eigenvalue weighted by Crippen LogP contribution is 2.17. The van der Waals surface area contributed by atoms with Crippen LogP contribution < -0.4 is 0 Å². The van der Waals surface area contributed by atoms with Crippen LogP contribution in [-0.4, -0.2) is 97.7 Å². The van der Waals surface area contributed by atoms with Crippen LogP contribution in [0.4, 0.5) is 0 Å². The Kier molecular flexibility index (Phi) is 137. The van der Waals surface area contributed by atoms with Gasteiger partial charge < -0.3 is 40.9 Å². The second kappa shape index (κ2) is 96.8. The monoisotopic (exact) mass is 649 g/mol. The zero-order chi connectivity index (χ0) is 35.8. The third kappa shape index (κ3) is 90.0. The van der Waals surface area contributed by atoms with Crippen molar-refractivity contribution in [3.63, 3.8) is 0 Å². The molecule has 0 aromatic heterocycles. The quantitative estimate of drug-likeness (QED) is 0.132. The molecule has 0 bridgehead atoms. The zero-order valence-corrected chi connectivity index (χ0v) is 31.4. The van der Waals surface area contributed by atoms with Crippen LogP contribution in [0, 0.1) is 0 Å². The first-order valence-electron chi connectivity index (χ1n) is 17.6. The number of aliphatic hydroxyl groups excluding tert-OH is 8. The summed E-state index contributed by atoms with van der Waals surface area (Å²) in [7, 11) is 8.00. The molecule has 280 valence electrons. The number of hydrogen-bond acceptors (Lipinski definition) is 8. The molecule has 0 aromatic rings. The van der Waals surface area contributed by atoms with Gasteiger partial charge in [-0.05, 0) is 0 Å². The molecular formula is C36H88O8. The minimum atomic E-state index is 1.00. The van der Waals surface area contributed by atoms with Gasteiger partial charge in [0.2, 0.25) is 0 Å². The Bertz CT molecular complexity index is 165. The summed E-state index contributed by atoms with van der Waals surface area (Å²) in [4.78, 5) is 0. The Morgan fingerprint density at radius 1 is 0.114 bits per heavy atom. The lowest BCUT2D eigenvalue weighted by molar-refractivity contribution is 0.399. The summed E-state index contributed by atoms with van der Waals surface area (Å²) < 4.78 is 0. The van der Waals surface area contributed by atoms with Crippen LogP contribution in [0.25, 0.3) is 0 Å². The maximum atomic E-state index is 7.00. The minimum Gasteiger partial charge on any atom is -0.400 e. The Labute approximate surface area is 277 Å². The molecular weight excluding hydrogens is 560 g/mol. The van der Waals surface area contributed by atoms with E-state index in [1.807, 2.05) is 0 Å². The van der Waals surface area contributed by atoms with Gasteiger partial charge in [0.25, 0.3) is 0 Å². The first-order valence-corrected chi connectivity index (χ1v) is 17.6. The number of hydrogen-bond donors (Lipinski definition) is 8. The molecule has 0 aromatic carbocycles. The topological polar surface area (TPSA) is 162 Å². The van der Waals surface area contributed by atoms with Crippen molar-refractivity contribution in [3.8, 4) is 0 Å². The molecule has 1 fully saturated rings. The van der Waals surface area contributed by atoms with Crippen molar-refractivity contribution in [2.45, 2.75) is 180 Å². The average Bonchev–Trinajstić information content (AvgIpc) is 3.13. The van der Waals surface area contributed by atoms with Gasteiger partial charge in [-0.25, -0.2) is 0 Å². The third-order valence-electron chi connectivity index (χ3n) is 7.00. The van der Waals surface area contributed by atoms with Gasteiger partial charge in [-0.2, -0.15) is 0 Å². The third-order valence-corrected chi connectivity index (χ3v) is 7.00. The molecule has 0 heterocycles. The van der Waals surface area contributed by atoms with E-state index in [2.05, 4.69) is 0 Å². The van der Waals surface area contributed by atoms with Crippen LogP contribution in [0.5, 0.6) is 0 Å². The second-order valence-corrected chi connectivity index (χ2v) is 9.90. The van der Waals surface area contributed by atoms with Crippen LogP contribution in [0.3, 0.4) is 0 Å². The van der Waals surface area contributed by atoms with E-state index in [1.165, 1.54) is 180 Å². The molecule has 0 radical (unpaired) electrons. The summed E-state index contributed by atoms with van der Waals surface area (Å²) >= 11 is 0. The van der Waals surface area contributed by atoms with Gasteiger partial charge in [-0.3, -0.25) is 0 Å². The molecule has 0 amide bonds. The summed E-state index contributed by atoms with van der Waals surface area (Å²) in [6.45, 7) is 0. The summed E-state index contributed by atoms with van der Waals surface area (Å²) in [5.41, 5.74) is 0. The van der Waals surface area contributed by atoms with Gasteiger partial charge in [0, 0.05) is 56.9 Å². The van der Waals surface area contributed by atoms with E-state index in [0.717, 1.165) is 56.9 Å².